The molecule has 2 fully saturated rings. The van der Waals surface area contributed by atoms with E-state index in [0.29, 0.717) is 19.8 Å². The lowest BCUT2D eigenvalue weighted by molar-refractivity contribution is -0.133. The van der Waals surface area contributed by atoms with Crippen LogP contribution in [0.15, 0.2) is 48.5 Å². The van der Waals surface area contributed by atoms with Crippen molar-refractivity contribution in [3.63, 3.8) is 0 Å². The van der Waals surface area contributed by atoms with Crippen molar-refractivity contribution < 1.29 is 14.3 Å². The molecule has 1 amide bonds. The van der Waals surface area contributed by atoms with Crippen LogP contribution >= 0.6 is 0 Å². The Hall–Kier alpha value is -2.53. The number of carbonyl (C=O) groups is 1. The van der Waals surface area contributed by atoms with Gasteiger partial charge in [0.25, 0.3) is 0 Å². The van der Waals surface area contributed by atoms with Crippen molar-refractivity contribution in [3.8, 4) is 11.5 Å². The molecule has 2 aromatic carbocycles. The Bertz CT molecular complexity index is 897. The van der Waals surface area contributed by atoms with Crippen molar-refractivity contribution >= 4 is 5.91 Å². The molecule has 1 aliphatic carbocycles. The van der Waals surface area contributed by atoms with Gasteiger partial charge in [-0.2, -0.15) is 0 Å². The van der Waals surface area contributed by atoms with Crippen LogP contribution in [0, 0.1) is 5.92 Å². The van der Waals surface area contributed by atoms with Crippen molar-refractivity contribution in [1.29, 1.82) is 0 Å². The molecule has 1 saturated heterocycles. The average molecular weight is 421 g/mol. The fourth-order valence-corrected chi connectivity index (χ4v) is 5.03. The Morgan fingerprint density at radius 3 is 2.55 bits per heavy atom. The number of carbonyl (C=O) groups excluding carboxylic acids is 1. The fourth-order valence-electron chi connectivity index (χ4n) is 5.03. The molecule has 1 unspecified atom stereocenters. The van der Waals surface area contributed by atoms with Crippen LogP contribution in [0.25, 0.3) is 0 Å². The van der Waals surface area contributed by atoms with Gasteiger partial charge in [0.05, 0.1) is 12.6 Å². The topological polar surface area (TPSA) is 42.0 Å². The largest absolute Gasteiger partial charge is 0.486 e. The first kappa shape index (κ1) is 20.4. The summed E-state index contributed by atoms with van der Waals surface area (Å²) in [6, 6.07) is 16.8. The van der Waals surface area contributed by atoms with Gasteiger partial charge < -0.3 is 14.4 Å². The van der Waals surface area contributed by atoms with Crippen LogP contribution in [0.4, 0.5) is 0 Å². The monoisotopic (exact) mass is 420 g/mol. The van der Waals surface area contributed by atoms with E-state index in [4.69, 9.17) is 9.47 Å². The van der Waals surface area contributed by atoms with Gasteiger partial charge in [-0.1, -0.05) is 42.8 Å². The maximum Gasteiger partial charge on any atom is 0.237 e. The van der Waals surface area contributed by atoms with E-state index < -0.39 is 0 Å². The Balaban J connectivity index is 1.28. The molecule has 0 bridgehead atoms. The zero-order chi connectivity index (χ0) is 21.0. The number of likely N-dealkylation sites (tertiary alicyclic amines) is 1. The molecular formula is C26H32N2O3. The third kappa shape index (κ3) is 4.72. The minimum Gasteiger partial charge on any atom is -0.486 e. The lowest BCUT2D eigenvalue weighted by atomic mass is 9.85. The van der Waals surface area contributed by atoms with E-state index in [9.17, 15) is 4.79 Å². The van der Waals surface area contributed by atoms with Crippen LogP contribution in [0.1, 0.15) is 49.3 Å². The van der Waals surface area contributed by atoms with E-state index in [0.717, 1.165) is 55.5 Å². The third-order valence-corrected chi connectivity index (χ3v) is 6.87. The Labute approximate surface area is 184 Å². The normalized spacial score (nSPS) is 20.7. The number of benzene rings is 2. The number of nitrogens with zero attached hydrogens (tertiary/aromatic N) is 2. The molecule has 3 aliphatic rings. The average Bonchev–Trinajstić information content (AvgIpc) is 3.27. The van der Waals surface area contributed by atoms with Crippen LogP contribution in [-0.2, 0) is 11.3 Å². The van der Waals surface area contributed by atoms with E-state index >= 15 is 0 Å². The van der Waals surface area contributed by atoms with Gasteiger partial charge in [0.15, 0.2) is 11.5 Å². The van der Waals surface area contributed by atoms with Gasteiger partial charge in [-0.15, -0.1) is 0 Å². The number of ether oxygens (including phenoxy) is 2. The summed E-state index contributed by atoms with van der Waals surface area (Å²) in [5.74, 6) is 2.59. The molecule has 2 aliphatic heterocycles. The molecule has 31 heavy (non-hydrogen) atoms. The summed E-state index contributed by atoms with van der Waals surface area (Å²) in [4.78, 5) is 17.9. The Morgan fingerprint density at radius 2 is 1.77 bits per heavy atom. The van der Waals surface area contributed by atoms with Gasteiger partial charge in [0, 0.05) is 19.6 Å². The Kier molecular flexibility index (Phi) is 6.12. The lowest BCUT2D eigenvalue weighted by Crippen LogP contribution is -2.42. The molecule has 1 atom stereocenters. The standard InChI is InChI=1S/C26H32N2O3/c29-26(19-27(18-21-8-4-9-21)17-20-6-2-1-3-7-20)28-13-5-10-23(28)22-11-12-24-25(16-22)31-15-14-30-24/h1-3,6-7,11-12,16,21,23H,4-5,8-10,13-15,17-19H2. The highest BCUT2D eigenvalue weighted by molar-refractivity contribution is 5.79. The summed E-state index contributed by atoms with van der Waals surface area (Å²) < 4.78 is 11.4. The van der Waals surface area contributed by atoms with Crippen LogP contribution in [0.3, 0.4) is 0 Å². The quantitative estimate of drug-likeness (QED) is 0.665. The summed E-state index contributed by atoms with van der Waals surface area (Å²) in [6.07, 6.45) is 5.97. The van der Waals surface area contributed by atoms with Crippen molar-refractivity contribution in [2.75, 3.05) is 32.8 Å². The summed E-state index contributed by atoms with van der Waals surface area (Å²) in [7, 11) is 0. The van der Waals surface area contributed by atoms with Crippen LogP contribution in [-0.4, -0.2) is 48.6 Å². The summed E-state index contributed by atoms with van der Waals surface area (Å²) in [5.41, 5.74) is 2.43. The van der Waals surface area contributed by atoms with Crippen LogP contribution in [0.5, 0.6) is 11.5 Å². The number of hydrogen-bond acceptors (Lipinski definition) is 4. The van der Waals surface area contributed by atoms with E-state index in [2.05, 4.69) is 46.2 Å². The number of amides is 1. The summed E-state index contributed by atoms with van der Waals surface area (Å²) in [5, 5.41) is 0. The highest BCUT2D eigenvalue weighted by atomic mass is 16.6. The van der Waals surface area contributed by atoms with Gasteiger partial charge in [-0.25, -0.2) is 0 Å². The smallest absolute Gasteiger partial charge is 0.237 e. The molecule has 1 saturated carbocycles. The molecule has 5 heteroatoms. The van der Waals surface area contributed by atoms with Gasteiger partial charge in [0.1, 0.15) is 13.2 Å². The zero-order valence-electron chi connectivity index (χ0n) is 18.2. The molecule has 0 N–H and O–H groups in total. The predicted octanol–water partition coefficient (Wildman–Crippen LogP) is 4.42. The highest BCUT2D eigenvalue weighted by Crippen LogP contribution is 2.38. The summed E-state index contributed by atoms with van der Waals surface area (Å²) >= 11 is 0. The van der Waals surface area contributed by atoms with Gasteiger partial charge >= 0.3 is 0 Å². The van der Waals surface area contributed by atoms with Gasteiger partial charge in [0.2, 0.25) is 5.91 Å². The molecule has 0 spiro atoms. The SMILES string of the molecule is O=C(CN(Cc1ccccc1)CC1CCC1)N1CCCC1c1ccc2c(c1)OCCO2. The minimum absolute atomic E-state index is 0.130. The number of fused-ring (bicyclic) bond motifs is 1. The lowest BCUT2D eigenvalue weighted by Gasteiger charge is -2.34. The molecule has 164 valence electrons. The maximum absolute atomic E-state index is 13.4. The van der Waals surface area contributed by atoms with Gasteiger partial charge in [-0.3, -0.25) is 9.69 Å². The first-order valence-corrected chi connectivity index (χ1v) is 11.7. The molecule has 0 radical (unpaired) electrons. The Morgan fingerprint density at radius 1 is 0.968 bits per heavy atom. The molecule has 5 rings (SSSR count). The maximum atomic E-state index is 13.4. The van der Waals surface area contributed by atoms with Crippen LogP contribution in [0.2, 0.25) is 0 Å². The van der Waals surface area contributed by atoms with E-state index in [1.54, 1.807) is 0 Å². The number of rotatable bonds is 7. The second-order valence-corrected chi connectivity index (χ2v) is 9.10. The molecule has 0 aromatic heterocycles. The van der Waals surface area contributed by atoms with E-state index in [1.165, 1.54) is 24.8 Å². The van der Waals surface area contributed by atoms with E-state index in [-0.39, 0.29) is 11.9 Å². The second-order valence-electron chi connectivity index (χ2n) is 9.10. The fraction of sp³-hybridized carbons (Fsp3) is 0.500. The molecule has 5 nitrogen and oxygen atoms in total. The van der Waals surface area contributed by atoms with Gasteiger partial charge in [-0.05, 0) is 54.9 Å². The van der Waals surface area contributed by atoms with Crippen molar-refractivity contribution in [3.05, 3.63) is 59.7 Å². The van der Waals surface area contributed by atoms with Crippen molar-refractivity contribution in [2.45, 2.75) is 44.7 Å². The summed E-state index contributed by atoms with van der Waals surface area (Å²) in [6.45, 7) is 4.36. The zero-order valence-corrected chi connectivity index (χ0v) is 18.2. The third-order valence-electron chi connectivity index (χ3n) is 6.87. The van der Waals surface area contributed by atoms with Crippen molar-refractivity contribution in [2.24, 2.45) is 5.92 Å². The highest BCUT2D eigenvalue weighted by Gasteiger charge is 2.32. The van der Waals surface area contributed by atoms with Crippen molar-refractivity contribution in [1.82, 2.24) is 9.80 Å². The minimum atomic E-state index is 0.130. The molecular weight excluding hydrogens is 388 g/mol. The van der Waals surface area contributed by atoms with E-state index in [1.807, 2.05) is 12.1 Å². The first-order valence-electron chi connectivity index (χ1n) is 11.7. The van der Waals surface area contributed by atoms with Crippen LogP contribution < -0.4 is 9.47 Å². The molecule has 2 aromatic rings. The second kappa shape index (κ2) is 9.31. The number of hydrogen-bond donors (Lipinski definition) is 0. The predicted molar refractivity (Wildman–Crippen MR) is 120 cm³/mol. The molecule has 2 heterocycles. The first-order chi connectivity index (χ1) is 15.3.